The number of nitrogens with one attached hydrogen (secondary N) is 2. The molecule has 0 fully saturated rings. The van der Waals surface area contributed by atoms with Crippen LogP contribution in [0.1, 0.15) is 26.3 Å². The van der Waals surface area contributed by atoms with Crippen LogP contribution in [0.25, 0.3) is 0 Å². The van der Waals surface area contributed by atoms with E-state index < -0.39 is 18.4 Å². The third-order valence-corrected chi connectivity index (χ3v) is 4.04. The topological polar surface area (TPSA) is 67.4 Å². The zero-order chi connectivity index (χ0) is 20.8. The maximum absolute atomic E-state index is 12.7. The molecule has 2 N–H and O–H groups in total. The molecule has 148 valence electrons. The summed E-state index contributed by atoms with van der Waals surface area (Å²) in [5.41, 5.74) is 2.01. The first-order valence-electron chi connectivity index (χ1n) is 8.76. The lowest BCUT2D eigenvalue weighted by atomic mass is 10.1. The maximum atomic E-state index is 12.7. The molecule has 0 bridgehead atoms. The van der Waals surface area contributed by atoms with Crippen LogP contribution in [0, 0.1) is 6.92 Å². The number of carbonyl (C=O) groups is 2. The highest BCUT2D eigenvalue weighted by Gasteiger charge is 2.18. The fourth-order valence-corrected chi connectivity index (χ4v) is 2.75. The van der Waals surface area contributed by atoms with Gasteiger partial charge in [0, 0.05) is 5.69 Å². The summed E-state index contributed by atoms with van der Waals surface area (Å²) >= 11 is 0. The van der Waals surface area contributed by atoms with Gasteiger partial charge in [-0.2, -0.15) is 8.78 Å². The molecule has 0 radical (unpaired) electrons. The summed E-state index contributed by atoms with van der Waals surface area (Å²) in [5, 5.41) is 5.37. The number of rotatable bonds is 6. The third-order valence-electron chi connectivity index (χ3n) is 4.04. The van der Waals surface area contributed by atoms with Crippen LogP contribution in [0.15, 0.2) is 72.8 Å². The number of ether oxygens (including phenoxy) is 1. The molecule has 7 heteroatoms. The molecule has 0 heterocycles. The number of carbonyl (C=O) groups excluding carboxylic acids is 2. The van der Waals surface area contributed by atoms with Crippen molar-refractivity contribution in [3.8, 4) is 5.75 Å². The van der Waals surface area contributed by atoms with Crippen LogP contribution in [0.4, 0.5) is 20.2 Å². The van der Waals surface area contributed by atoms with Crippen LogP contribution in [0.5, 0.6) is 5.75 Å². The van der Waals surface area contributed by atoms with Crippen molar-refractivity contribution in [3.63, 3.8) is 0 Å². The minimum Gasteiger partial charge on any atom is -0.434 e. The highest BCUT2D eigenvalue weighted by molar-refractivity contribution is 6.13. The first kappa shape index (κ1) is 20.0. The predicted octanol–water partition coefficient (Wildman–Crippen LogP) is 5.10. The van der Waals surface area contributed by atoms with E-state index in [-0.39, 0.29) is 22.6 Å². The Morgan fingerprint density at radius 3 is 2.21 bits per heavy atom. The average molecular weight is 396 g/mol. The van der Waals surface area contributed by atoms with Crippen LogP contribution in [-0.2, 0) is 0 Å². The number of hydrogen-bond donors (Lipinski definition) is 2. The minimum absolute atomic E-state index is 0.0679. The lowest BCUT2D eigenvalue weighted by molar-refractivity contribution is -0.0501. The number of alkyl halides is 2. The summed E-state index contributed by atoms with van der Waals surface area (Å²) in [5.74, 6) is -1.33. The Morgan fingerprint density at radius 1 is 0.828 bits per heavy atom. The molecule has 3 rings (SSSR count). The molecule has 5 nitrogen and oxygen atoms in total. The van der Waals surface area contributed by atoms with Crippen LogP contribution in [-0.4, -0.2) is 18.4 Å². The fraction of sp³-hybridized carbons (Fsp3) is 0.0909. The second kappa shape index (κ2) is 8.97. The largest absolute Gasteiger partial charge is 0.434 e. The average Bonchev–Trinajstić information content (AvgIpc) is 2.68. The standard InChI is InChI=1S/C22H18F2N2O3/c1-14-7-6-8-15(13-14)25-20(27)16-9-2-4-11-18(16)26-21(28)17-10-3-5-12-19(17)29-22(23)24/h2-13,22H,1H3,(H,25,27)(H,26,28). The molecule has 0 saturated carbocycles. The van der Waals surface area contributed by atoms with E-state index in [1.807, 2.05) is 25.1 Å². The molecule has 0 saturated heterocycles. The Bertz CT molecular complexity index is 1040. The molecule has 0 aliphatic rings. The third kappa shape index (κ3) is 5.16. The van der Waals surface area contributed by atoms with E-state index in [1.165, 1.54) is 24.3 Å². The molecule has 0 aromatic heterocycles. The Kier molecular flexibility index (Phi) is 6.19. The second-order valence-corrected chi connectivity index (χ2v) is 6.20. The van der Waals surface area contributed by atoms with Gasteiger partial charge in [0.15, 0.2) is 0 Å². The molecule has 0 aliphatic carbocycles. The summed E-state index contributed by atoms with van der Waals surface area (Å²) in [4.78, 5) is 25.3. The number of amides is 2. The Balaban J connectivity index is 1.82. The summed E-state index contributed by atoms with van der Waals surface area (Å²) < 4.78 is 29.6. The number of hydrogen-bond acceptors (Lipinski definition) is 3. The first-order chi connectivity index (χ1) is 13.9. The summed E-state index contributed by atoms with van der Waals surface area (Å²) in [6.07, 6.45) is 0. The van der Waals surface area contributed by atoms with Crippen molar-refractivity contribution in [1.82, 2.24) is 0 Å². The number of para-hydroxylation sites is 2. The predicted molar refractivity (Wildman–Crippen MR) is 107 cm³/mol. The van der Waals surface area contributed by atoms with Crippen LogP contribution in [0.3, 0.4) is 0 Å². The normalized spacial score (nSPS) is 10.5. The molecule has 0 atom stereocenters. The highest BCUT2D eigenvalue weighted by Crippen LogP contribution is 2.23. The van der Waals surface area contributed by atoms with E-state index in [0.29, 0.717) is 5.69 Å². The van der Waals surface area contributed by atoms with Crippen molar-refractivity contribution in [2.24, 2.45) is 0 Å². The zero-order valence-corrected chi connectivity index (χ0v) is 15.5. The van der Waals surface area contributed by atoms with E-state index in [1.54, 1.807) is 30.3 Å². The molecule has 3 aromatic carbocycles. The van der Waals surface area contributed by atoms with E-state index in [0.717, 1.165) is 5.56 Å². The minimum atomic E-state index is -3.06. The van der Waals surface area contributed by atoms with Gasteiger partial charge in [0.1, 0.15) is 5.75 Å². The first-order valence-corrected chi connectivity index (χ1v) is 8.76. The van der Waals surface area contributed by atoms with Gasteiger partial charge >= 0.3 is 6.61 Å². The van der Waals surface area contributed by atoms with Crippen molar-refractivity contribution in [2.75, 3.05) is 10.6 Å². The fourth-order valence-electron chi connectivity index (χ4n) is 2.75. The summed E-state index contributed by atoms with van der Waals surface area (Å²) in [7, 11) is 0. The van der Waals surface area contributed by atoms with Gasteiger partial charge in [-0.05, 0) is 48.9 Å². The van der Waals surface area contributed by atoms with Crippen molar-refractivity contribution in [3.05, 3.63) is 89.5 Å². The highest BCUT2D eigenvalue weighted by atomic mass is 19.3. The van der Waals surface area contributed by atoms with Crippen molar-refractivity contribution in [2.45, 2.75) is 13.5 Å². The SMILES string of the molecule is Cc1cccc(NC(=O)c2ccccc2NC(=O)c2ccccc2OC(F)F)c1. The van der Waals surface area contributed by atoms with E-state index in [2.05, 4.69) is 15.4 Å². The summed E-state index contributed by atoms with van der Waals surface area (Å²) in [6, 6.07) is 19.4. The Morgan fingerprint density at radius 2 is 1.48 bits per heavy atom. The van der Waals surface area contributed by atoms with Gasteiger partial charge in [-0.3, -0.25) is 9.59 Å². The van der Waals surface area contributed by atoms with Crippen LogP contribution >= 0.6 is 0 Å². The lowest BCUT2D eigenvalue weighted by Gasteiger charge is -2.13. The van der Waals surface area contributed by atoms with Gasteiger partial charge in [0.2, 0.25) is 0 Å². The number of halogens is 2. The summed E-state index contributed by atoms with van der Waals surface area (Å²) in [6.45, 7) is -1.15. The smallest absolute Gasteiger partial charge is 0.387 e. The number of aryl methyl sites for hydroxylation is 1. The van der Waals surface area contributed by atoms with Gasteiger partial charge in [-0.1, -0.05) is 36.4 Å². The van der Waals surface area contributed by atoms with Crippen molar-refractivity contribution < 1.29 is 23.1 Å². The molecule has 3 aromatic rings. The van der Waals surface area contributed by atoms with E-state index in [9.17, 15) is 18.4 Å². The van der Waals surface area contributed by atoms with Crippen LogP contribution in [0.2, 0.25) is 0 Å². The molecule has 0 unspecified atom stereocenters. The quantitative estimate of drug-likeness (QED) is 0.609. The van der Waals surface area contributed by atoms with Gasteiger partial charge in [-0.25, -0.2) is 0 Å². The molecule has 0 spiro atoms. The lowest BCUT2D eigenvalue weighted by Crippen LogP contribution is -2.19. The maximum Gasteiger partial charge on any atom is 0.387 e. The molecule has 0 aliphatic heterocycles. The van der Waals surface area contributed by atoms with Crippen LogP contribution < -0.4 is 15.4 Å². The molecule has 2 amide bonds. The van der Waals surface area contributed by atoms with E-state index in [4.69, 9.17) is 0 Å². The zero-order valence-electron chi connectivity index (χ0n) is 15.5. The van der Waals surface area contributed by atoms with Crippen molar-refractivity contribution >= 4 is 23.2 Å². The van der Waals surface area contributed by atoms with E-state index >= 15 is 0 Å². The van der Waals surface area contributed by atoms with Gasteiger partial charge in [0.05, 0.1) is 16.8 Å². The second-order valence-electron chi connectivity index (χ2n) is 6.20. The molecule has 29 heavy (non-hydrogen) atoms. The number of benzene rings is 3. The van der Waals surface area contributed by atoms with Gasteiger partial charge in [-0.15, -0.1) is 0 Å². The monoisotopic (exact) mass is 396 g/mol. The van der Waals surface area contributed by atoms with Gasteiger partial charge in [0.25, 0.3) is 11.8 Å². The molecular weight excluding hydrogens is 378 g/mol. The number of anilines is 2. The Hall–Kier alpha value is -3.74. The molecular formula is C22H18F2N2O3. The Labute approximate surface area is 166 Å². The van der Waals surface area contributed by atoms with Gasteiger partial charge < -0.3 is 15.4 Å². The van der Waals surface area contributed by atoms with Crippen molar-refractivity contribution in [1.29, 1.82) is 0 Å².